The van der Waals surface area contributed by atoms with Crippen molar-refractivity contribution < 1.29 is 0 Å². The second-order valence-corrected chi connectivity index (χ2v) is 4.06. The molecule has 0 saturated carbocycles. The molecule has 56 valence electrons. The first-order chi connectivity index (χ1) is 5.36. The molecule has 0 fully saturated rings. The zero-order chi connectivity index (χ0) is 7.68. The van der Waals surface area contributed by atoms with Crippen molar-refractivity contribution in [2.24, 2.45) is 0 Å². The van der Waals surface area contributed by atoms with Crippen molar-refractivity contribution in [2.45, 2.75) is 6.92 Å². The molecule has 2 aromatic heterocycles. The molecule has 0 spiro atoms. The van der Waals surface area contributed by atoms with Crippen LogP contribution in [0.5, 0.6) is 0 Å². The molecule has 0 amide bonds. The van der Waals surface area contributed by atoms with Crippen LogP contribution in [-0.4, -0.2) is 9.36 Å². The molecule has 2 nitrogen and oxygen atoms in total. The standard InChI is InChI=1S/C7H6N2S2/c1-5-4-6(9-11-5)7-8-2-3-10-7/h2-4H,1H3. The molecule has 0 aromatic carbocycles. The SMILES string of the molecule is Cc1cc(-c2nccs2)ns1. The van der Waals surface area contributed by atoms with Crippen molar-refractivity contribution in [3.05, 3.63) is 22.5 Å². The van der Waals surface area contributed by atoms with Gasteiger partial charge in [0.1, 0.15) is 10.7 Å². The molecule has 4 heteroatoms. The predicted octanol–water partition coefficient (Wildman–Crippen LogP) is 2.58. The van der Waals surface area contributed by atoms with Gasteiger partial charge in [-0.25, -0.2) is 4.98 Å². The zero-order valence-corrected chi connectivity index (χ0v) is 7.58. The average Bonchev–Trinajstić information content (AvgIpc) is 2.55. The Morgan fingerprint density at radius 3 is 2.91 bits per heavy atom. The van der Waals surface area contributed by atoms with Gasteiger partial charge in [0, 0.05) is 16.5 Å². The normalized spacial score (nSPS) is 10.3. The Bertz CT molecular complexity index is 337. The van der Waals surface area contributed by atoms with Gasteiger partial charge in [0.05, 0.1) is 0 Å². The van der Waals surface area contributed by atoms with Crippen LogP contribution in [-0.2, 0) is 0 Å². The molecule has 2 rings (SSSR count). The molecule has 0 N–H and O–H groups in total. The summed E-state index contributed by atoms with van der Waals surface area (Å²) in [6.45, 7) is 2.05. The summed E-state index contributed by atoms with van der Waals surface area (Å²) in [6, 6.07) is 2.06. The summed E-state index contributed by atoms with van der Waals surface area (Å²) in [7, 11) is 0. The van der Waals surface area contributed by atoms with E-state index in [-0.39, 0.29) is 0 Å². The molecule has 0 unspecified atom stereocenters. The lowest BCUT2D eigenvalue weighted by Gasteiger charge is -1.82. The third-order valence-corrected chi connectivity index (χ3v) is 2.77. The van der Waals surface area contributed by atoms with Gasteiger partial charge in [-0.1, -0.05) is 0 Å². The van der Waals surface area contributed by atoms with E-state index in [0.29, 0.717) is 0 Å². The fourth-order valence-corrected chi connectivity index (χ4v) is 2.02. The topological polar surface area (TPSA) is 25.8 Å². The van der Waals surface area contributed by atoms with E-state index in [2.05, 4.69) is 22.3 Å². The largest absolute Gasteiger partial charge is 0.243 e. The number of hydrogen-bond acceptors (Lipinski definition) is 4. The maximum atomic E-state index is 4.25. The van der Waals surface area contributed by atoms with Crippen LogP contribution in [0.2, 0.25) is 0 Å². The van der Waals surface area contributed by atoms with Gasteiger partial charge < -0.3 is 0 Å². The highest BCUT2D eigenvalue weighted by Gasteiger charge is 2.02. The van der Waals surface area contributed by atoms with Crippen LogP contribution in [0.25, 0.3) is 10.7 Å². The number of rotatable bonds is 1. The summed E-state index contributed by atoms with van der Waals surface area (Å²) in [6.07, 6.45) is 1.80. The lowest BCUT2D eigenvalue weighted by Crippen LogP contribution is -1.70. The first kappa shape index (κ1) is 6.94. The summed E-state index contributed by atoms with van der Waals surface area (Å²) in [5, 5.41) is 2.97. The van der Waals surface area contributed by atoms with E-state index < -0.39 is 0 Å². The number of aryl methyl sites for hydroxylation is 1. The van der Waals surface area contributed by atoms with Gasteiger partial charge in [-0.2, -0.15) is 4.37 Å². The highest BCUT2D eigenvalue weighted by molar-refractivity contribution is 7.13. The van der Waals surface area contributed by atoms with Crippen LogP contribution in [0.15, 0.2) is 17.6 Å². The van der Waals surface area contributed by atoms with E-state index in [1.54, 1.807) is 17.5 Å². The highest BCUT2D eigenvalue weighted by atomic mass is 32.1. The van der Waals surface area contributed by atoms with Crippen molar-refractivity contribution in [3.8, 4) is 10.7 Å². The van der Waals surface area contributed by atoms with Crippen LogP contribution in [0.3, 0.4) is 0 Å². The molecule has 0 radical (unpaired) electrons. The van der Waals surface area contributed by atoms with Gasteiger partial charge in [0.15, 0.2) is 0 Å². The Morgan fingerprint density at radius 1 is 1.45 bits per heavy atom. The number of thiazole rings is 1. The maximum Gasteiger partial charge on any atom is 0.142 e. The minimum absolute atomic E-state index is 1.00. The molecule has 0 aliphatic carbocycles. The molecule has 0 aliphatic heterocycles. The van der Waals surface area contributed by atoms with E-state index in [1.807, 2.05) is 5.38 Å². The zero-order valence-electron chi connectivity index (χ0n) is 5.94. The third kappa shape index (κ3) is 1.32. The Balaban J connectivity index is 2.45. The Hall–Kier alpha value is -0.740. The first-order valence-corrected chi connectivity index (χ1v) is 4.85. The van der Waals surface area contributed by atoms with Crippen molar-refractivity contribution in [1.29, 1.82) is 0 Å². The highest BCUT2D eigenvalue weighted by Crippen LogP contribution is 2.22. The molecule has 2 heterocycles. The van der Waals surface area contributed by atoms with Gasteiger partial charge in [-0.3, -0.25) is 0 Å². The molecule has 0 atom stereocenters. The Morgan fingerprint density at radius 2 is 2.36 bits per heavy atom. The molecular weight excluding hydrogens is 176 g/mol. The van der Waals surface area contributed by atoms with Crippen LogP contribution in [0.4, 0.5) is 0 Å². The predicted molar refractivity (Wildman–Crippen MR) is 48.0 cm³/mol. The van der Waals surface area contributed by atoms with Crippen LogP contribution < -0.4 is 0 Å². The minimum Gasteiger partial charge on any atom is -0.243 e. The second kappa shape index (κ2) is 2.71. The van der Waals surface area contributed by atoms with Crippen LogP contribution >= 0.6 is 22.9 Å². The Labute approximate surface area is 72.7 Å². The minimum atomic E-state index is 1.00. The fourth-order valence-electron chi connectivity index (χ4n) is 0.817. The number of hydrogen-bond donors (Lipinski definition) is 0. The molecule has 2 aromatic rings. The first-order valence-electron chi connectivity index (χ1n) is 3.19. The maximum absolute atomic E-state index is 4.25. The summed E-state index contributed by atoms with van der Waals surface area (Å²) < 4.78 is 4.25. The molecule has 0 aliphatic rings. The second-order valence-electron chi connectivity index (χ2n) is 2.16. The summed E-state index contributed by atoms with van der Waals surface area (Å²) in [5.41, 5.74) is 1.00. The van der Waals surface area contributed by atoms with Crippen LogP contribution in [0, 0.1) is 6.92 Å². The molecule has 11 heavy (non-hydrogen) atoms. The monoisotopic (exact) mass is 182 g/mol. The van der Waals surface area contributed by atoms with Crippen LogP contribution in [0.1, 0.15) is 4.88 Å². The van der Waals surface area contributed by atoms with Crippen molar-refractivity contribution in [1.82, 2.24) is 9.36 Å². The van der Waals surface area contributed by atoms with E-state index in [1.165, 1.54) is 16.4 Å². The van der Waals surface area contributed by atoms with Gasteiger partial charge >= 0.3 is 0 Å². The number of aromatic nitrogens is 2. The quantitative estimate of drug-likeness (QED) is 0.677. The van der Waals surface area contributed by atoms with E-state index in [4.69, 9.17) is 0 Å². The van der Waals surface area contributed by atoms with Crippen molar-refractivity contribution in [3.63, 3.8) is 0 Å². The number of nitrogens with zero attached hydrogens (tertiary/aromatic N) is 2. The van der Waals surface area contributed by atoms with E-state index in [9.17, 15) is 0 Å². The molecular formula is C7H6N2S2. The molecule has 0 saturated heterocycles. The van der Waals surface area contributed by atoms with E-state index >= 15 is 0 Å². The van der Waals surface area contributed by atoms with E-state index in [0.717, 1.165) is 10.7 Å². The smallest absolute Gasteiger partial charge is 0.142 e. The Kier molecular flexibility index (Phi) is 1.71. The van der Waals surface area contributed by atoms with Crippen molar-refractivity contribution in [2.75, 3.05) is 0 Å². The summed E-state index contributed by atoms with van der Waals surface area (Å²) in [5.74, 6) is 0. The molecule has 0 bridgehead atoms. The lowest BCUT2D eigenvalue weighted by atomic mass is 10.4. The van der Waals surface area contributed by atoms with Gasteiger partial charge in [-0.15, -0.1) is 11.3 Å². The fraction of sp³-hybridized carbons (Fsp3) is 0.143. The third-order valence-electron chi connectivity index (χ3n) is 1.28. The van der Waals surface area contributed by atoms with Gasteiger partial charge in [-0.05, 0) is 24.5 Å². The summed E-state index contributed by atoms with van der Waals surface area (Å²) in [4.78, 5) is 5.39. The summed E-state index contributed by atoms with van der Waals surface area (Å²) >= 11 is 3.14. The van der Waals surface area contributed by atoms with Gasteiger partial charge in [0.2, 0.25) is 0 Å². The van der Waals surface area contributed by atoms with Crippen molar-refractivity contribution >= 4 is 22.9 Å². The average molecular weight is 182 g/mol. The van der Waals surface area contributed by atoms with Gasteiger partial charge in [0.25, 0.3) is 0 Å². The lowest BCUT2D eigenvalue weighted by molar-refractivity contribution is 1.38.